The molecule has 12 rings (SSSR count). The lowest BCUT2D eigenvalue weighted by Crippen LogP contribution is -2.12. The molecule has 286 valence electrons. The van der Waals surface area contributed by atoms with Gasteiger partial charge in [-0.15, -0.1) is 0 Å². The zero-order valence-corrected chi connectivity index (χ0v) is 32.9. The number of nitrogens with zero attached hydrogens (tertiary/aromatic N) is 5. The Morgan fingerprint density at radius 2 is 1.00 bits per heavy atom. The minimum absolute atomic E-state index is 0.600. The molecule has 0 spiro atoms. The third-order valence-electron chi connectivity index (χ3n) is 11.6. The van der Waals surface area contributed by atoms with Crippen LogP contribution < -0.4 is 9.64 Å². The first-order chi connectivity index (χ1) is 30.3. The molecule has 0 amide bonds. The predicted molar refractivity (Wildman–Crippen MR) is 248 cm³/mol. The van der Waals surface area contributed by atoms with Gasteiger partial charge in [0.15, 0.2) is 17.5 Å². The van der Waals surface area contributed by atoms with Gasteiger partial charge in [-0.1, -0.05) is 146 Å². The lowest BCUT2D eigenvalue weighted by atomic mass is 9.90. The average molecular weight is 782 g/mol. The molecule has 0 bridgehead atoms. The number of hydrogen-bond acceptors (Lipinski definition) is 5. The topological polar surface area (TPSA) is 56.1 Å². The van der Waals surface area contributed by atoms with E-state index in [0.29, 0.717) is 17.5 Å². The van der Waals surface area contributed by atoms with E-state index >= 15 is 0 Å². The molecule has 6 heteroatoms. The highest BCUT2D eigenvalue weighted by molar-refractivity contribution is 6.13. The summed E-state index contributed by atoms with van der Waals surface area (Å²) in [5.74, 6) is 3.43. The second kappa shape index (κ2) is 14.2. The summed E-state index contributed by atoms with van der Waals surface area (Å²) in [5, 5.41) is 4.43. The Bertz CT molecular complexity index is 3380. The van der Waals surface area contributed by atoms with Crippen molar-refractivity contribution in [3.8, 4) is 62.5 Å². The number of para-hydroxylation sites is 3. The van der Waals surface area contributed by atoms with Gasteiger partial charge in [-0.25, -0.2) is 15.0 Å². The van der Waals surface area contributed by atoms with Gasteiger partial charge in [-0.3, -0.25) is 0 Å². The first kappa shape index (κ1) is 34.7. The van der Waals surface area contributed by atoms with Crippen LogP contribution in [0.2, 0.25) is 0 Å². The lowest BCUT2D eigenvalue weighted by Gasteiger charge is -2.31. The van der Waals surface area contributed by atoms with Crippen molar-refractivity contribution >= 4 is 49.6 Å². The number of hydrogen-bond donors (Lipinski definition) is 0. The quantitative estimate of drug-likeness (QED) is 0.161. The van der Waals surface area contributed by atoms with Crippen LogP contribution in [-0.2, 0) is 0 Å². The maximum Gasteiger partial charge on any atom is 0.164 e. The van der Waals surface area contributed by atoms with Gasteiger partial charge in [0, 0.05) is 55.5 Å². The van der Waals surface area contributed by atoms with E-state index in [2.05, 4.69) is 161 Å². The van der Waals surface area contributed by atoms with Crippen LogP contribution >= 0.6 is 0 Å². The predicted octanol–water partition coefficient (Wildman–Crippen LogP) is 14.4. The number of aromatic nitrogens is 4. The SMILES string of the molecule is c1ccc(-c2nc(-c3ccccc3)nc(-c3ccc4c5c(cccc35)-c3c(cccc3N(c3ccccc3)c3ccc5c6ccccc6n(-c6ccccc6)c5c3)O4)n2)cc1. The summed E-state index contributed by atoms with van der Waals surface area (Å²) in [6, 6.07) is 73.8. The third kappa shape index (κ3) is 5.76. The molecule has 0 fully saturated rings. The Hall–Kier alpha value is -8.35. The van der Waals surface area contributed by atoms with Gasteiger partial charge >= 0.3 is 0 Å². The van der Waals surface area contributed by atoms with Crippen molar-refractivity contribution in [1.29, 1.82) is 0 Å². The third-order valence-corrected chi connectivity index (χ3v) is 11.6. The summed E-state index contributed by atoms with van der Waals surface area (Å²) in [4.78, 5) is 17.6. The molecule has 9 aromatic carbocycles. The van der Waals surface area contributed by atoms with Crippen LogP contribution in [0.4, 0.5) is 17.1 Å². The molecule has 0 unspecified atom stereocenters. The molecular weight excluding hydrogens is 747 g/mol. The second-order valence-electron chi connectivity index (χ2n) is 15.2. The fourth-order valence-corrected chi connectivity index (χ4v) is 8.93. The molecule has 61 heavy (non-hydrogen) atoms. The Morgan fingerprint density at radius 3 is 1.74 bits per heavy atom. The summed E-state index contributed by atoms with van der Waals surface area (Å²) < 4.78 is 9.26. The first-order valence-corrected chi connectivity index (χ1v) is 20.4. The average Bonchev–Trinajstić information content (AvgIpc) is 3.66. The fourth-order valence-electron chi connectivity index (χ4n) is 8.93. The van der Waals surface area contributed by atoms with Crippen LogP contribution in [0.25, 0.3) is 83.6 Å². The summed E-state index contributed by atoms with van der Waals surface area (Å²) in [7, 11) is 0. The molecule has 0 radical (unpaired) electrons. The molecule has 11 aromatic rings. The summed E-state index contributed by atoms with van der Waals surface area (Å²) in [6.45, 7) is 0. The van der Waals surface area contributed by atoms with Crippen molar-refractivity contribution < 1.29 is 4.74 Å². The highest BCUT2D eigenvalue weighted by Gasteiger charge is 2.28. The fraction of sp³-hybridized carbons (Fsp3) is 0. The Labute approximate surface area is 352 Å². The van der Waals surface area contributed by atoms with Crippen molar-refractivity contribution in [1.82, 2.24) is 19.5 Å². The van der Waals surface area contributed by atoms with Gasteiger partial charge < -0.3 is 14.2 Å². The van der Waals surface area contributed by atoms with Gasteiger partial charge in [0.1, 0.15) is 11.5 Å². The Balaban J connectivity index is 1.07. The molecule has 6 nitrogen and oxygen atoms in total. The van der Waals surface area contributed by atoms with Crippen LogP contribution in [0.5, 0.6) is 11.5 Å². The Morgan fingerprint density at radius 1 is 0.393 bits per heavy atom. The molecular formula is C55H35N5O. The zero-order valence-electron chi connectivity index (χ0n) is 32.9. The second-order valence-corrected chi connectivity index (χ2v) is 15.2. The van der Waals surface area contributed by atoms with Crippen LogP contribution in [0.1, 0.15) is 0 Å². The first-order valence-electron chi connectivity index (χ1n) is 20.4. The summed E-state index contributed by atoms with van der Waals surface area (Å²) in [6.07, 6.45) is 0. The van der Waals surface area contributed by atoms with Crippen LogP contribution in [0, 0.1) is 0 Å². The number of benzene rings is 9. The van der Waals surface area contributed by atoms with Crippen LogP contribution in [0.15, 0.2) is 212 Å². The maximum atomic E-state index is 6.89. The molecule has 0 saturated carbocycles. The van der Waals surface area contributed by atoms with E-state index in [1.807, 2.05) is 60.7 Å². The Kier molecular flexibility index (Phi) is 8.06. The molecule has 0 atom stereocenters. The lowest BCUT2D eigenvalue weighted by molar-refractivity contribution is 0.487. The van der Waals surface area contributed by atoms with Crippen LogP contribution in [-0.4, -0.2) is 19.5 Å². The maximum absolute atomic E-state index is 6.89. The number of anilines is 3. The van der Waals surface area contributed by atoms with E-state index < -0.39 is 0 Å². The van der Waals surface area contributed by atoms with Crippen molar-refractivity contribution in [2.24, 2.45) is 0 Å². The molecule has 0 N–H and O–H groups in total. The molecule has 0 saturated heterocycles. The monoisotopic (exact) mass is 781 g/mol. The van der Waals surface area contributed by atoms with E-state index in [4.69, 9.17) is 19.7 Å². The smallest absolute Gasteiger partial charge is 0.164 e. The minimum atomic E-state index is 0.600. The van der Waals surface area contributed by atoms with Gasteiger partial charge in [0.25, 0.3) is 0 Å². The van der Waals surface area contributed by atoms with E-state index in [9.17, 15) is 0 Å². The summed E-state index contributed by atoms with van der Waals surface area (Å²) >= 11 is 0. The highest BCUT2D eigenvalue weighted by atomic mass is 16.5. The number of fused-ring (bicyclic) bond motifs is 5. The standard InChI is InChI=1S/C55H35N5O/c1-5-17-36(18-6-1)53-56-54(37-19-7-2-8-20-37)58-55(57-53)44-33-34-50-51-43(44)26-15-27-45(51)52-47(29-16-30-49(52)61-50)59(38-21-9-3-10-22-38)40-31-32-42-41-25-13-14-28-46(41)60(48(42)35-40)39-23-11-4-12-24-39/h1-35H. The van der Waals surface area contributed by atoms with Crippen molar-refractivity contribution in [3.05, 3.63) is 212 Å². The zero-order chi connectivity index (χ0) is 40.3. The van der Waals surface area contributed by atoms with Gasteiger partial charge in [-0.2, -0.15) is 0 Å². The van der Waals surface area contributed by atoms with E-state index in [0.717, 1.165) is 78.4 Å². The van der Waals surface area contributed by atoms with E-state index in [1.54, 1.807) is 0 Å². The highest BCUT2D eigenvalue weighted by Crippen LogP contribution is 2.54. The minimum Gasteiger partial charge on any atom is -0.456 e. The summed E-state index contributed by atoms with van der Waals surface area (Å²) in [5.41, 5.74) is 11.3. The van der Waals surface area contributed by atoms with Gasteiger partial charge in [-0.05, 0) is 77.7 Å². The molecule has 2 aromatic heterocycles. The molecule has 1 aliphatic heterocycles. The molecule has 1 aliphatic rings. The molecule has 0 aliphatic carbocycles. The number of ether oxygens (including phenoxy) is 1. The normalized spacial score (nSPS) is 11.7. The molecule has 3 heterocycles. The van der Waals surface area contributed by atoms with Crippen LogP contribution in [0.3, 0.4) is 0 Å². The van der Waals surface area contributed by atoms with E-state index in [1.165, 1.54) is 16.3 Å². The van der Waals surface area contributed by atoms with Gasteiger partial charge in [0.05, 0.1) is 16.7 Å². The van der Waals surface area contributed by atoms with Gasteiger partial charge in [0.2, 0.25) is 0 Å². The largest absolute Gasteiger partial charge is 0.456 e. The van der Waals surface area contributed by atoms with E-state index in [-0.39, 0.29) is 0 Å². The van der Waals surface area contributed by atoms with Crippen molar-refractivity contribution in [3.63, 3.8) is 0 Å². The van der Waals surface area contributed by atoms with Crippen molar-refractivity contribution in [2.45, 2.75) is 0 Å². The number of rotatable bonds is 7. The van der Waals surface area contributed by atoms with Crippen molar-refractivity contribution in [2.75, 3.05) is 4.90 Å².